The molecule has 6 nitrogen and oxygen atoms in total. The second-order valence-electron chi connectivity index (χ2n) is 4.19. The largest absolute Gasteiger partial charge is 0.326 e. The maximum absolute atomic E-state index is 11.5. The van der Waals surface area contributed by atoms with Crippen LogP contribution in [0.25, 0.3) is 0 Å². The van der Waals surface area contributed by atoms with E-state index in [1.165, 1.54) is 0 Å². The van der Waals surface area contributed by atoms with Crippen LogP contribution in [0.5, 0.6) is 0 Å². The number of sulfonamides is 1. The van der Waals surface area contributed by atoms with E-state index in [1.807, 2.05) is 0 Å². The lowest BCUT2D eigenvalue weighted by Crippen LogP contribution is -2.21. The molecule has 0 heterocycles. The first-order valence-corrected chi connectivity index (χ1v) is 7.78. The molecule has 0 radical (unpaired) electrons. The maximum atomic E-state index is 11.5. The Hall–Kier alpha value is -1.15. The summed E-state index contributed by atoms with van der Waals surface area (Å²) < 4.78 is 24.3. The van der Waals surface area contributed by atoms with Crippen LogP contribution in [0.2, 0.25) is 0 Å². The standard InChI is InChI=1S/C12H19N3O3S.ClH/c1-13-8-7-12(16)15-11-5-3-10(4-6-11)9-14-19(2,17)18;/h3-6,13-14H,7-9H2,1-2H3,(H,15,16);1H. The predicted octanol–water partition coefficient (Wildman–Crippen LogP) is 0.706. The third-order valence-electron chi connectivity index (χ3n) is 2.38. The van der Waals surface area contributed by atoms with Gasteiger partial charge in [0.05, 0.1) is 6.26 Å². The molecule has 0 aliphatic rings. The molecule has 1 aromatic carbocycles. The van der Waals surface area contributed by atoms with E-state index >= 15 is 0 Å². The van der Waals surface area contributed by atoms with E-state index in [-0.39, 0.29) is 24.9 Å². The molecule has 0 spiro atoms. The summed E-state index contributed by atoms with van der Waals surface area (Å²) in [6, 6.07) is 7.03. The molecular formula is C12H20ClN3O3S. The monoisotopic (exact) mass is 321 g/mol. The van der Waals surface area contributed by atoms with E-state index in [2.05, 4.69) is 15.4 Å². The van der Waals surface area contributed by atoms with Gasteiger partial charge >= 0.3 is 0 Å². The van der Waals surface area contributed by atoms with Crippen LogP contribution in [-0.4, -0.2) is 34.2 Å². The molecule has 0 fully saturated rings. The average Bonchev–Trinajstić information content (AvgIpc) is 2.34. The highest BCUT2D eigenvalue weighted by molar-refractivity contribution is 7.88. The number of halogens is 1. The van der Waals surface area contributed by atoms with Gasteiger partial charge in [0.15, 0.2) is 0 Å². The summed E-state index contributed by atoms with van der Waals surface area (Å²) in [5.74, 6) is -0.0589. The van der Waals surface area contributed by atoms with Crippen LogP contribution in [0.1, 0.15) is 12.0 Å². The molecule has 0 saturated heterocycles. The van der Waals surface area contributed by atoms with Gasteiger partial charge in [0.2, 0.25) is 15.9 Å². The fourth-order valence-electron chi connectivity index (χ4n) is 1.38. The summed E-state index contributed by atoms with van der Waals surface area (Å²) in [4.78, 5) is 11.5. The summed E-state index contributed by atoms with van der Waals surface area (Å²) in [7, 11) is -1.40. The molecule has 0 aromatic heterocycles. The normalized spacial score (nSPS) is 10.7. The number of benzene rings is 1. The lowest BCUT2D eigenvalue weighted by molar-refractivity contribution is -0.116. The van der Waals surface area contributed by atoms with Gasteiger partial charge in [-0.25, -0.2) is 13.1 Å². The summed E-state index contributed by atoms with van der Waals surface area (Å²) in [6.07, 6.45) is 1.53. The number of rotatable bonds is 7. The van der Waals surface area contributed by atoms with Crippen molar-refractivity contribution in [2.45, 2.75) is 13.0 Å². The first kappa shape index (κ1) is 18.9. The molecule has 0 aliphatic carbocycles. The van der Waals surface area contributed by atoms with Crippen molar-refractivity contribution in [2.75, 3.05) is 25.2 Å². The molecule has 0 aliphatic heterocycles. The van der Waals surface area contributed by atoms with Crippen molar-refractivity contribution < 1.29 is 13.2 Å². The Morgan fingerprint density at radius 3 is 2.30 bits per heavy atom. The topological polar surface area (TPSA) is 87.3 Å². The maximum Gasteiger partial charge on any atom is 0.225 e. The van der Waals surface area contributed by atoms with E-state index in [0.717, 1.165) is 11.8 Å². The van der Waals surface area contributed by atoms with Gasteiger partial charge in [-0.15, -0.1) is 12.4 Å². The van der Waals surface area contributed by atoms with E-state index < -0.39 is 10.0 Å². The lowest BCUT2D eigenvalue weighted by atomic mass is 10.2. The number of nitrogens with one attached hydrogen (secondary N) is 3. The van der Waals surface area contributed by atoms with Crippen molar-refractivity contribution in [3.05, 3.63) is 29.8 Å². The lowest BCUT2D eigenvalue weighted by Gasteiger charge is -2.07. The molecule has 3 N–H and O–H groups in total. The molecular weight excluding hydrogens is 302 g/mol. The third kappa shape index (κ3) is 8.11. The van der Waals surface area contributed by atoms with Crippen molar-refractivity contribution in [3.63, 3.8) is 0 Å². The first-order valence-electron chi connectivity index (χ1n) is 5.89. The van der Waals surface area contributed by atoms with Crippen LogP contribution < -0.4 is 15.4 Å². The Morgan fingerprint density at radius 1 is 1.20 bits per heavy atom. The highest BCUT2D eigenvalue weighted by Gasteiger charge is 2.03. The van der Waals surface area contributed by atoms with Gasteiger partial charge in [0, 0.05) is 25.2 Å². The number of amides is 1. The molecule has 20 heavy (non-hydrogen) atoms. The summed E-state index contributed by atoms with van der Waals surface area (Å²) >= 11 is 0. The van der Waals surface area contributed by atoms with E-state index in [0.29, 0.717) is 18.7 Å². The minimum absolute atomic E-state index is 0. The molecule has 1 amide bonds. The quantitative estimate of drug-likeness (QED) is 0.690. The zero-order valence-corrected chi connectivity index (χ0v) is 13.1. The van der Waals surface area contributed by atoms with Crippen molar-refractivity contribution in [2.24, 2.45) is 0 Å². The van der Waals surface area contributed by atoms with Gasteiger partial charge in [0.1, 0.15) is 0 Å². The highest BCUT2D eigenvalue weighted by atomic mass is 35.5. The SMILES string of the molecule is CNCCC(=O)Nc1ccc(CNS(C)(=O)=O)cc1.Cl. The van der Waals surface area contributed by atoms with Gasteiger partial charge in [-0.2, -0.15) is 0 Å². The summed E-state index contributed by atoms with van der Waals surface area (Å²) in [5, 5.41) is 5.66. The van der Waals surface area contributed by atoms with Gasteiger partial charge in [-0.1, -0.05) is 12.1 Å². The van der Waals surface area contributed by atoms with Crippen LogP contribution in [0.15, 0.2) is 24.3 Å². The first-order chi connectivity index (χ1) is 8.90. The molecule has 0 bridgehead atoms. The Kier molecular flexibility index (Phi) is 8.40. The van der Waals surface area contributed by atoms with Crippen LogP contribution >= 0.6 is 12.4 Å². The fourth-order valence-corrected chi connectivity index (χ4v) is 1.81. The summed E-state index contributed by atoms with van der Waals surface area (Å²) in [6.45, 7) is 0.870. The van der Waals surface area contributed by atoms with Gasteiger partial charge in [-0.3, -0.25) is 4.79 Å². The number of hydrogen-bond donors (Lipinski definition) is 3. The highest BCUT2D eigenvalue weighted by Crippen LogP contribution is 2.09. The van der Waals surface area contributed by atoms with Crippen LogP contribution in [0, 0.1) is 0 Å². The Morgan fingerprint density at radius 2 is 1.80 bits per heavy atom. The molecule has 8 heteroatoms. The average molecular weight is 322 g/mol. The second kappa shape index (κ2) is 8.91. The third-order valence-corrected chi connectivity index (χ3v) is 3.05. The van der Waals surface area contributed by atoms with Crippen LogP contribution in [-0.2, 0) is 21.4 Å². The van der Waals surface area contributed by atoms with Gasteiger partial charge in [0.25, 0.3) is 0 Å². The molecule has 0 saturated carbocycles. The van der Waals surface area contributed by atoms with E-state index in [1.54, 1.807) is 31.3 Å². The van der Waals surface area contributed by atoms with Crippen LogP contribution in [0.3, 0.4) is 0 Å². The minimum Gasteiger partial charge on any atom is -0.326 e. The number of anilines is 1. The summed E-state index contributed by atoms with van der Waals surface area (Å²) in [5.41, 5.74) is 1.53. The van der Waals surface area contributed by atoms with Gasteiger partial charge < -0.3 is 10.6 Å². The Labute approximate surface area is 125 Å². The number of carbonyl (C=O) groups is 1. The second-order valence-corrected chi connectivity index (χ2v) is 6.02. The zero-order valence-electron chi connectivity index (χ0n) is 11.5. The van der Waals surface area contributed by atoms with Crippen LogP contribution in [0.4, 0.5) is 5.69 Å². The minimum atomic E-state index is -3.19. The molecule has 1 rings (SSSR count). The molecule has 0 unspecified atom stereocenters. The van der Waals surface area contributed by atoms with Crippen molar-refractivity contribution in [1.82, 2.24) is 10.0 Å². The smallest absolute Gasteiger partial charge is 0.225 e. The van der Waals surface area contributed by atoms with Crippen molar-refractivity contribution in [3.8, 4) is 0 Å². The Balaban J connectivity index is 0.00000361. The predicted molar refractivity (Wildman–Crippen MR) is 82.5 cm³/mol. The molecule has 114 valence electrons. The zero-order chi connectivity index (χ0) is 14.3. The molecule has 1 aromatic rings. The number of hydrogen-bond acceptors (Lipinski definition) is 4. The number of carbonyl (C=O) groups excluding carboxylic acids is 1. The fraction of sp³-hybridized carbons (Fsp3) is 0.417. The Bertz CT molecular complexity index is 517. The van der Waals surface area contributed by atoms with E-state index in [4.69, 9.17) is 0 Å². The van der Waals surface area contributed by atoms with Crippen molar-refractivity contribution >= 4 is 34.0 Å². The van der Waals surface area contributed by atoms with E-state index in [9.17, 15) is 13.2 Å². The van der Waals surface area contributed by atoms with Crippen molar-refractivity contribution in [1.29, 1.82) is 0 Å². The van der Waals surface area contributed by atoms with Gasteiger partial charge in [-0.05, 0) is 24.7 Å². The molecule has 0 atom stereocenters.